The van der Waals surface area contributed by atoms with Gasteiger partial charge in [-0.2, -0.15) is 0 Å². The molecule has 374 valence electrons. The molecule has 0 aliphatic heterocycles. The van der Waals surface area contributed by atoms with Crippen molar-refractivity contribution >= 4 is 76.2 Å². The van der Waals surface area contributed by atoms with E-state index in [2.05, 4.69) is 221 Å². The molecule has 14 aromatic rings. The summed E-state index contributed by atoms with van der Waals surface area (Å²) in [5.74, 6) is 0.618. The second-order valence-electron chi connectivity index (χ2n) is 24.7. The summed E-state index contributed by atoms with van der Waals surface area (Å²) in [6, 6.07) is 52.3. The van der Waals surface area contributed by atoms with Crippen LogP contribution < -0.4 is 0 Å². The zero-order chi connectivity index (χ0) is 52.2. The largest absolute Gasteiger partial charge is 0.306 e. The molecule has 8 aromatic carbocycles. The van der Waals surface area contributed by atoms with Crippen LogP contribution in [0.5, 0.6) is 0 Å². The molecule has 7 aliphatic carbocycles. The molecule has 4 heteroatoms. The minimum atomic E-state index is -0.00904. The molecule has 4 nitrogen and oxygen atoms in total. The van der Waals surface area contributed by atoms with Gasteiger partial charge in [-0.05, 0) is 156 Å². The number of aromatic nitrogens is 4. The van der Waals surface area contributed by atoms with E-state index < -0.39 is 0 Å². The number of allylic oxidation sites excluding steroid dienone is 4. The maximum atomic E-state index is 5.67. The lowest BCUT2D eigenvalue weighted by Crippen LogP contribution is -2.41. The van der Waals surface area contributed by atoms with Crippen LogP contribution in [-0.2, 0) is 0 Å². The van der Waals surface area contributed by atoms with E-state index in [0.717, 1.165) is 12.8 Å². The van der Waals surface area contributed by atoms with Gasteiger partial charge in [0, 0.05) is 66.3 Å². The van der Waals surface area contributed by atoms with Crippen LogP contribution in [0.2, 0.25) is 0 Å². The standard InChI is InChI=1S/C75H54N4/c1-37-28-39(3)60(40(4)29-37)49-22-24-51-66-58(36-77-72-63-46-19-11-9-17-44(46)62(68(66)72)45-18-10-12-20-47(45)63)78-56-32-54-57(33-53(56)64(49)73(51)78)79-59-35-76-71-55-34-75(26-14-7-15-27-75)70(48-21-13-8-16-43(48)55)69(71)67(59)52-25-23-50(65(54)74(52)79)61-41(5)30-38(2)31-42(61)6/h7-26,28-33,35-36,55,62-63,70H,27,34H2,1-6H3. The summed E-state index contributed by atoms with van der Waals surface area (Å²) in [7, 11) is 0. The molecule has 3 atom stereocenters. The van der Waals surface area contributed by atoms with Gasteiger partial charge < -0.3 is 8.80 Å². The van der Waals surface area contributed by atoms with Crippen molar-refractivity contribution in [2.75, 3.05) is 0 Å². The number of aryl methyl sites for hydroxylation is 6. The molecule has 0 fully saturated rings. The van der Waals surface area contributed by atoms with E-state index in [-0.39, 0.29) is 29.1 Å². The summed E-state index contributed by atoms with van der Waals surface area (Å²) in [6.45, 7) is 13.7. The first-order chi connectivity index (χ1) is 38.7. The molecule has 0 saturated heterocycles. The fourth-order valence-electron chi connectivity index (χ4n) is 18.1. The predicted octanol–water partition coefficient (Wildman–Crippen LogP) is 18.4. The highest BCUT2D eigenvalue weighted by Crippen LogP contribution is 2.66. The normalized spacial score (nSPS) is 20.4. The Bertz CT molecular complexity index is 5150. The molecule has 21 rings (SSSR count). The number of pyridine rings is 2. The molecule has 0 radical (unpaired) electrons. The van der Waals surface area contributed by atoms with Crippen molar-refractivity contribution in [3.05, 3.63) is 259 Å². The lowest BCUT2D eigenvalue weighted by molar-refractivity contribution is 0.249. The van der Waals surface area contributed by atoms with E-state index in [1.165, 1.54) is 188 Å². The van der Waals surface area contributed by atoms with Gasteiger partial charge in [-0.1, -0.05) is 157 Å². The van der Waals surface area contributed by atoms with E-state index >= 15 is 0 Å². The van der Waals surface area contributed by atoms with E-state index in [1.54, 1.807) is 0 Å². The van der Waals surface area contributed by atoms with Crippen LogP contribution in [0.15, 0.2) is 170 Å². The van der Waals surface area contributed by atoms with Crippen LogP contribution in [0.25, 0.3) is 98.4 Å². The quantitative estimate of drug-likeness (QED) is 0.173. The molecule has 79 heavy (non-hydrogen) atoms. The second kappa shape index (κ2) is 14.4. The van der Waals surface area contributed by atoms with Gasteiger partial charge in [-0.3, -0.25) is 9.97 Å². The second-order valence-corrected chi connectivity index (χ2v) is 24.7. The zero-order valence-corrected chi connectivity index (χ0v) is 45.2. The van der Waals surface area contributed by atoms with Crippen molar-refractivity contribution in [1.29, 1.82) is 0 Å². The average Bonchev–Trinajstić information content (AvgIpc) is 2.56. The zero-order valence-electron chi connectivity index (χ0n) is 45.2. The molecule has 3 unspecified atom stereocenters. The van der Waals surface area contributed by atoms with Gasteiger partial charge in [0.15, 0.2) is 0 Å². The number of fused-ring (bicyclic) bond motifs is 12. The molecule has 0 N–H and O–H groups in total. The highest BCUT2D eigenvalue weighted by molar-refractivity contribution is 6.33. The van der Waals surface area contributed by atoms with Gasteiger partial charge in [0.05, 0.1) is 62.8 Å². The van der Waals surface area contributed by atoms with Crippen molar-refractivity contribution in [3.8, 4) is 22.3 Å². The molecule has 0 saturated carbocycles. The number of benzene rings is 8. The van der Waals surface area contributed by atoms with Gasteiger partial charge in [0.1, 0.15) is 0 Å². The third-order valence-electron chi connectivity index (χ3n) is 20.5. The minimum absolute atomic E-state index is 0.00904. The van der Waals surface area contributed by atoms with Crippen LogP contribution in [0.4, 0.5) is 0 Å². The van der Waals surface area contributed by atoms with Crippen molar-refractivity contribution in [2.45, 2.75) is 78.1 Å². The Balaban J connectivity index is 0.991. The lowest BCUT2D eigenvalue weighted by Gasteiger charge is -2.52. The highest BCUT2D eigenvalue weighted by Gasteiger charge is 2.53. The number of hydrogen-bond acceptors (Lipinski definition) is 2. The minimum Gasteiger partial charge on any atom is -0.306 e. The highest BCUT2D eigenvalue weighted by atomic mass is 15.0. The summed E-state index contributed by atoms with van der Waals surface area (Å²) < 4.78 is 5.29. The molecule has 7 aliphatic rings. The van der Waals surface area contributed by atoms with Crippen molar-refractivity contribution in [2.24, 2.45) is 5.41 Å². The fourth-order valence-corrected chi connectivity index (χ4v) is 18.1. The van der Waals surface area contributed by atoms with Gasteiger partial charge >= 0.3 is 0 Å². The maximum Gasteiger partial charge on any atom is 0.0728 e. The smallest absolute Gasteiger partial charge is 0.0728 e. The Morgan fingerprint density at radius 3 is 1.44 bits per heavy atom. The van der Waals surface area contributed by atoms with Crippen LogP contribution in [0.3, 0.4) is 0 Å². The molecular weight excluding hydrogens is 957 g/mol. The third kappa shape index (κ3) is 5.02. The molecule has 4 bridgehead atoms. The summed E-state index contributed by atoms with van der Waals surface area (Å²) in [5, 5.41) is 10.5. The predicted molar refractivity (Wildman–Crippen MR) is 325 cm³/mol. The van der Waals surface area contributed by atoms with Crippen molar-refractivity contribution in [1.82, 2.24) is 18.8 Å². The van der Waals surface area contributed by atoms with Crippen LogP contribution in [0.1, 0.15) is 126 Å². The topological polar surface area (TPSA) is 34.6 Å². The molecule has 0 amide bonds. The average molecular weight is 1010 g/mol. The summed E-state index contributed by atoms with van der Waals surface area (Å²) >= 11 is 0. The summed E-state index contributed by atoms with van der Waals surface area (Å²) in [5.41, 5.74) is 34.4. The SMILES string of the molecule is Cc1cc(C)c(-c2ccc3c4c5c(ncc4n4c6cc7c8c(-c9c(C)cc(C)cc9C)ccc9c%10c%11c(ncc%10n(c7cc6c2c34)c98)C2CC3(C=CC=CC3)C%11c3ccccc32)C2c3ccccc3C5c3ccccc32)c(C)c1. The first kappa shape index (κ1) is 43.2. The Morgan fingerprint density at radius 2 is 0.924 bits per heavy atom. The molecule has 6 heterocycles. The summed E-state index contributed by atoms with van der Waals surface area (Å²) in [4.78, 5) is 11.3. The molecular formula is C75H54N4. The van der Waals surface area contributed by atoms with E-state index in [1.807, 2.05) is 0 Å². The number of hydrogen-bond donors (Lipinski definition) is 0. The Morgan fingerprint density at radius 1 is 0.443 bits per heavy atom. The summed E-state index contributed by atoms with van der Waals surface area (Å²) in [6.07, 6.45) is 16.2. The number of rotatable bonds is 2. The van der Waals surface area contributed by atoms with E-state index in [9.17, 15) is 0 Å². The van der Waals surface area contributed by atoms with Crippen molar-refractivity contribution in [3.63, 3.8) is 0 Å². The van der Waals surface area contributed by atoms with Gasteiger partial charge in [0.25, 0.3) is 0 Å². The first-order valence-electron chi connectivity index (χ1n) is 28.6. The van der Waals surface area contributed by atoms with Gasteiger partial charge in [-0.25, -0.2) is 0 Å². The first-order valence-corrected chi connectivity index (χ1v) is 28.6. The van der Waals surface area contributed by atoms with E-state index in [0.29, 0.717) is 0 Å². The van der Waals surface area contributed by atoms with Crippen molar-refractivity contribution < 1.29 is 0 Å². The molecule has 6 aromatic heterocycles. The lowest BCUT2D eigenvalue weighted by atomic mass is 9.51. The van der Waals surface area contributed by atoms with Gasteiger partial charge in [-0.15, -0.1) is 0 Å². The Labute approximate surface area is 457 Å². The van der Waals surface area contributed by atoms with Crippen LogP contribution in [-0.4, -0.2) is 18.8 Å². The third-order valence-corrected chi connectivity index (χ3v) is 20.5. The Kier molecular flexibility index (Phi) is 7.88. The van der Waals surface area contributed by atoms with E-state index in [4.69, 9.17) is 9.97 Å². The number of nitrogens with zero attached hydrogens (tertiary/aromatic N) is 4. The van der Waals surface area contributed by atoms with Gasteiger partial charge in [0.2, 0.25) is 0 Å². The Hall–Kier alpha value is -8.86. The van der Waals surface area contributed by atoms with Crippen LogP contribution >= 0.6 is 0 Å². The monoisotopic (exact) mass is 1010 g/mol. The maximum absolute atomic E-state index is 5.67. The molecule has 1 spiro atoms. The fraction of sp³-hybridized carbons (Fsp3) is 0.173. The van der Waals surface area contributed by atoms with Crippen LogP contribution in [0, 0.1) is 47.0 Å².